The zero-order valence-electron chi connectivity index (χ0n) is 10.7. The second-order valence-electron chi connectivity index (χ2n) is 4.15. The van der Waals surface area contributed by atoms with Gasteiger partial charge in [-0.05, 0) is 26.8 Å². The lowest BCUT2D eigenvalue weighted by molar-refractivity contribution is 0.0469. The smallest absolute Gasteiger partial charge is 0.342 e. The Morgan fingerprint density at radius 2 is 2.11 bits per heavy atom. The number of aromatic nitrogens is 1. The lowest BCUT2D eigenvalue weighted by Crippen LogP contribution is -2.07. The van der Waals surface area contributed by atoms with Crippen LogP contribution in [-0.2, 0) is 11.3 Å². The molecule has 0 radical (unpaired) electrons. The Balaban J connectivity index is 2.09. The van der Waals surface area contributed by atoms with Crippen LogP contribution in [-0.4, -0.2) is 11.0 Å². The summed E-state index contributed by atoms with van der Waals surface area (Å²) in [4.78, 5) is 15.9. The summed E-state index contributed by atoms with van der Waals surface area (Å²) in [5, 5.41) is 0. The van der Waals surface area contributed by atoms with E-state index in [4.69, 9.17) is 9.15 Å². The minimum Gasteiger partial charge on any atom is -0.465 e. The van der Waals surface area contributed by atoms with Crippen molar-refractivity contribution < 1.29 is 13.9 Å². The highest BCUT2D eigenvalue weighted by Gasteiger charge is 2.19. The number of furan rings is 1. The van der Waals surface area contributed by atoms with Gasteiger partial charge in [-0.2, -0.15) is 0 Å². The fraction of sp³-hybridized carbons (Fsp3) is 0.286. The van der Waals surface area contributed by atoms with Crippen molar-refractivity contribution in [1.82, 2.24) is 4.98 Å². The molecule has 18 heavy (non-hydrogen) atoms. The third kappa shape index (κ3) is 2.42. The molecule has 2 rings (SSSR count). The highest BCUT2D eigenvalue weighted by Crippen LogP contribution is 2.21. The van der Waals surface area contributed by atoms with Gasteiger partial charge in [-0.1, -0.05) is 6.07 Å². The van der Waals surface area contributed by atoms with E-state index >= 15 is 0 Å². The second-order valence-corrected chi connectivity index (χ2v) is 4.15. The summed E-state index contributed by atoms with van der Waals surface area (Å²) in [6.07, 6.45) is 3.35. The summed E-state index contributed by atoms with van der Waals surface area (Å²) in [5.74, 6) is 0.993. The molecule has 0 aliphatic heterocycles. The monoisotopic (exact) mass is 245 g/mol. The Labute approximate surface area is 106 Å². The summed E-state index contributed by atoms with van der Waals surface area (Å²) in [6.45, 7) is 5.67. The number of nitrogens with zero attached hydrogens (tertiary/aromatic N) is 1. The van der Waals surface area contributed by atoms with Crippen LogP contribution < -0.4 is 0 Å². The fourth-order valence-electron chi connectivity index (χ4n) is 1.80. The minimum absolute atomic E-state index is 0.218. The number of esters is 1. The Hall–Kier alpha value is -2.10. The van der Waals surface area contributed by atoms with Crippen LogP contribution in [0, 0.1) is 20.8 Å². The van der Waals surface area contributed by atoms with Gasteiger partial charge in [-0.25, -0.2) is 4.79 Å². The van der Waals surface area contributed by atoms with Crippen LogP contribution in [0.2, 0.25) is 0 Å². The Morgan fingerprint density at radius 1 is 1.33 bits per heavy atom. The van der Waals surface area contributed by atoms with E-state index in [-0.39, 0.29) is 12.6 Å². The molecule has 0 unspecified atom stereocenters. The van der Waals surface area contributed by atoms with E-state index in [9.17, 15) is 4.79 Å². The Morgan fingerprint density at radius 3 is 2.67 bits per heavy atom. The van der Waals surface area contributed by atoms with E-state index in [1.54, 1.807) is 19.3 Å². The topological polar surface area (TPSA) is 52.3 Å². The van der Waals surface area contributed by atoms with Crippen LogP contribution >= 0.6 is 0 Å². The van der Waals surface area contributed by atoms with Gasteiger partial charge in [0.25, 0.3) is 0 Å². The first-order valence-electron chi connectivity index (χ1n) is 5.72. The summed E-state index contributed by atoms with van der Waals surface area (Å²) in [6, 6.07) is 3.67. The highest BCUT2D eigenvalue weighted by molar-refractivity contribution is 5.92. The van der Waals surface area contributed by atoms with Crippen molar-refractivity contribution in [2.45, 2.75) is 27.4 Å². The van der Waals surface area contributed by atoms with Gasteiger partial charge < -0.3 is 9.15 Å². The maximum atomic E-state index is 12.0. The van der Waals surface area contributed by atoms with E-state index in [1.807, 2.05) is 26.0 Å². The third-order valence-corrected chi connectivity index (χ3v) is 2.86. The van der Waals surface area contributed by atoms with Gasteiger partial charge in [0.1, 0.15) is 23.7 Å². The van der Waals surface area contributed by atoms with Crippen molar-refractivity contribution in [3.63, 3.8) is 0 Å². The van der Waals surface area contributed by atoms with Gasteiger partial charge in [0, 0.05) is 23.5 Å². The molecule has 2 heterocycles. The van der Waals surface area contributed by atoms with E-state index in [0.717, 1.165) is 16.9 Å². The lowest BCUT2D eigenvalue weighted by Gasteiger charge is -2.04. The molecule has 0 saturated carbocycles. The summed E-state index contributed by atoms with van der Waals surface area (Å²) < 4.78 is 10.7. The average molecular weight is 245 g/mol. The molecule has 94 valence electrons. The largest absolute Gasteiger partial charge is 0.465 e. The van der Waals surface area contributed by atoms with Crippen LogP contribution in [0.4, 0.5) is 0 Å². The van der Waals surface area contributed by atoms with Gasteiger partial charge in [-0.3, -0.25) is 4.98 Å². The van der Waals surface area contributed by atoms with E-state index in [1.165, 1.54) is 0 Å². The zero-order valence-corrected chi connectivity index (χ0v) is 10.7. The number of carbonyl (C=O) groups is 1. The van der Waals surface area contributed by atoms with Crippen molar-refractivity contribution in [3.05, 3.63) is 52.7 Å². The lowest BCUT2D eigenvalue weighted by atomic mass is 10.1. The molecule has 0 saturated heterocycles. The number of hydrogen-bond donors (Lipinski definition) is 0. The molecule has 2 aromatic heterocycles. The summed E-state index contributed by atoms with van der Waals surface area (Å²) in [5.41, 5.74) is 2.22. The standard InChI is InChI=1S/C14H15NO3/c1-9-10(2)18-11(3)13(9)14(16)17-8-12-5-4-6-15-7-12/h4-7H,8H2,1-3H3. The third-order valence-electron chi connectivity index (χ3n) is 2.86. The zero-order chi connectivity index (χ0) is 13.1. The number of carbonyl (C=O) groups excluding carboxylic acids is 1. The first-order valence-corrected chi connectivity index (χ1v) is 5.72. The van der Waals surface area contributed by atoms with Crippen molar-refractivity contribution in [3.8, 4) is 0 Å². The number of ether oxygens (including phenoxy) is 1. The molecule has 0 aliphatic carbocycles. The predicted octanol–water partition coefficient (Wildman–Crippen LogP) is 2.96. The molecular formula is C14H15NO3. The fourth-order valence-corrected chi connectivity index (χ4v) is 1.80. The van der Waals surface area contributed by atoms with Crippen molar-refractivity contribution >= 4 is 5.97 Å². The van der Waals surface area contributed by atoms with Gasteiger partial charge in [0.15, 0.2) is 0 Å². The number of hydrogen-bond acceptors (Lipinski definition) is 4. The van der Waals surface area contributed by atoms with Crippen molar-refractivity contribution in [2.75, 3.05) is 0 Å². The Bertz CT molecular complexity index is 558. The first-order chi connectivity index (χ1) is 8.59. The quantitative estimate of drug-likeness (QED) is 0.780. The van der Waals surface area contributed by atoms with Crippen LogP contribution in [0.5, 0.6) is 0 Å². The highest BCUT2D eigenvalue weighted by atomic mass is 16.5. The molecule has 4 nitrogen and oxygen atoms in total. The molecule has 0 aromatic carbocycles. The van der Waals surface area contributed by atoms with Gasteiger partial charge in [0.2, 0.25) is 0 Å². The van der Waals surface area contributed by atoms with E-state index in [2.05, 4.69) is 4.98 Å². The van der Waals surface area contributed by atoms with Crippen LogP contribution in [0.25, 0.3) is 0 Å². The molecule has 0 amide bonds. The van der Waals surface area contributed by atoms with Crippen LogP contribution in [0.1, 0.15) is 33.0 Å². The van der Waals surface area contributed by atoms with Crippen LogP contribution in [0.3, 0.4) is 0 Å². The van der Waals surface area contributed by atoms with Crippen molar-refractivity contribution in [1.29, 1.82) is 0 Å². The van der Waals surface area contributed by atoms with Gasteiger partial charge in [0.05, 0.1) is 0 Å². The minimum atomic E-state index is -0.356. The molecule has 0 aliphatic rings. The SMILES string of the molecule is Cc1oc(C)c(C(=O)OCc2cccnc2)c1C. The molecule has 0 N–H and O–H groups in total. The maximum Gasteiger partial charge on any atom is 0.342 e. The number of pyridine rings is 1. The molecule has 2 aromatic rings. The summed E-state index contributed by atoms with van der Waals surface area (Å²) >= 11 is 0. The van der Waals surface area contributed by atoms with E-state index < -0.39 is 0 Å². The van der Waals surface area contributed by atoms with Gasteiger partial charge in [-0.15, -0.1) is 0 Å². The van der Waals surface area contributed by atoms with Gasteiger partial charge >= 0.3 is 5.97 Å². The summed E-state index contributed by atoms with van der Waals surface area (Å²) in [7, 11) is 0. The molecule has 4 heteroatoms. The Kier molecular flexibility index (Phi) is 3.46. The first kappa shape index (κ1) is 12.4. The molecule has 0 spiro atoms. The normalized spacial score (nSPS) is 10.4. The molecule has 0 fully saturated rings. The van der Waals surface area contributed by atoms with Crippen molar-refractivity contribution in [2.24, 2.45) is 0 Å². The van der Waals surface area contributed by atoms with E-state index in [0.29, 0.717) is 11.3 Å². The maximum absolute atomic E-state index is 12.0. The number of aryl methyl sites for hydroxylation is 2. The second kappa shape index (κ2) is 5.04. The molecule has 0 atom stereocenters. The number of rotatable bonds is 3. The molecular weight excluding hydrogens is 230 g/mol. The van der Waals surface area contributed by atoms with Crippen LogP contribution in [0.15, 0.2) is 28.9 Å². The average Bonchev–Trinajstić information content (AvgIpc) is 2.62. The molecule has 0 bridgehead atoms. The predicted molar refractivity (Wildman–Crippen MR) is 66.3 cm³/mol.